The van der Waals surface area contributed by atoms with Crippen molar-refractivity contribution in [3.05, 3.63) is 0 Å². The van der Waals surface area contributed by atoms with Crippen LogP contribution in [0.4, 0.5) is 0 Å². The van der Waals surface area contributed by atoms with Crippen molar-refractivity contribution in [2.45, 2.75) is 32.1 Å². The van der Waals surface area contributed by atoms with Gasteiger partial charge in [0.2, 0.25) is 6.08 Å². The quantitative estimate of drug-likeness (QED) is 0.320. The van der Waals surface area contributed by atoms with E-state index in [1.54, 1.807) is 0 Å². The molecule has 2 atom stereocenters. The first-order valence-corrected chi connectivity index (χ1v) is 3.11. The number of carbonyl (C=O) groups excluding carboxylic acids is 1. The van der Waals surface area contributed by atoms with Crippen LogP contribution < -0.4 is 0 Å². The molecule has 0 saturated carbocycles. The molecule has 2 unspecified atom stereocenters. The summed E-state index contributed by atoms with van der Waals surface area (Å²) in [6.45, 7) is 2.07. The van der Waals surface area contributed by atoms with Crippen molar-refractivity contribution in [2.24, 2.45) is 4.99 Å². The summed E-state index contributed by atoms with van der Waals surface area (Å²) in [5.74, 6) is 0. The van der Waals surface area contributed by atoms with Gasteiger partial charge in [0.1, 0.15) is 6.10 Å². The molecule has 1 heterocycles. The predicted molar refractivity (Wildman–Crippen MR) is 31.7 cm³/mol. The highest BCUT2D eigenvalue weighted by atomic mass is 16.6. The first-order valence-electron chi connectivity index (χ1n) is 3.11. The minimum Gasteiger partial charge on any atom is -0.345 e. The second-order valence-corrected chi connectivity index (χ2v) is 2.07. The second-order valence-electron chi connectivity index (χ2n) is 2.07. The SMILES string of the molecule is CCCC1OC1N=C=O. The average Bonchev–Trinajstić information content (AvgIpc) is 2.50. The van der Waals surface area contributed by atoms with Gasteiger partial charge < -0.3 is 4.74 Å². The van der Waals surface area contributed by atoms with Crippen LogP contribution in [0, 0.1) is 0 Å². The molecule has 0 amide bonds. The van der Waals surface area contributed by atoms with Crippen LogP contribution in [0.3, 0.4) is 0 Å². The Bertz CT molecular complexity index is 140. The maximum atomic E-state index is 9.63. The van der Waals surface area contributed by atoms with E-state index in [9.17, 15) is 4.79 Å². The summed E-state index contributed by atoms with van der Waals surface area (Å²) in [5.41, 5.74) is 0. The van der Waals surface area contributed by atoms with Crippen LogP contribution in [-0.4, -0.2) is 18.4 Å². The van der Waals surface area contributed by atoms with E-state index in [0.717, 1.165) is 12.8 Å². The van der Waals surface area contributed by atoms with Crippen LogP contribution in [0.25, 0.3) is 0 Å². The van der Waals surface area contributed by atoms with Gasteiger partial charge >= 0.3 is 0 Å². The van der Waals surface area contributed by atoms with Gasteiger partial charge in [-0.2, -0.15) is 4.99 Å². The number of isocyanates is 1. The second kappa shape index (κ2) is 2.76. The molecule has 0 aromatic rings. The van der Waals surface area contributed by atoms with Gasteiger partial charge in [0.15, 0.2) is 6.23 Å². The summed E-state index contributed by atoms with van der Waals surface area (Å²) in [5, 5.41) is 0. The van der Waals surface area contributed by atoms with Gasteiger partial charge in [-0.1, -0.05) is 13.3 Å². The molecule has 1 aliphatic rings. The van der Waals surface area contributed by atoms with Gasteiger partial charge in [0.25, 0.3) is 0 Å². The smallest absolute Gasteiger partial charge is 0.237 e. The van der Waals surface area contributed by atoms with E-state index in [2.05, 4.69) is 11.9 Å². The lowest BCUT2D eigenvalue weighted by molar-refractivity contribution is 0.365. The molecular weight excluding hydrogens is 118 g/mol. The topological polar surface area (TPSA) is 42.0 Å². The van der Waals surface area contributed by atoms with E-state index in [1.807, 2.05) is 0 Å². The van der Waals surface area contributed by atoms with Gasteiger partial charge in [0.05, 0.1) is 0 Å². The summed E-state index contributed by atoms with van der Waals surface area (Å²) in [4.78, 5) is 13.0. The molecule has 50 valence electrons. The Hall–Kier alpha value is -0.660. The monoisotopic (exact) mass is 127 g/mol. The lowest BCUT2D eigenvalue weighted by atomic mass is 10.2. The summed E-state index contributed by atoms with van der Waals surface area (Å²) < 4.78 is 4.97. The number of nitrogens with zero attached hydrogens (tertiary/aromatic N) is 1. The van der Waals surface area contributed by atoms with Gasteiger partial charge in [-0.25, -0.2) is 4.79 Å². The average molecular weight is 127 g/mol. The van der Waals surface area contributed by atoms with Crippen LogP contribution in [0.1, 0.15) is 19.8 Å². The number of aliphatic imine (C=N–C) groups is 1. The van der Waals surface area contributed by atoms with Crippen LogP contribution in [-0.2, 0) is 9.53 Å². The molecule has 1 rings (SSSR count). The fourth-order valence-corrected chi connectivity index (χ4v) is 0.794. The highest BCUT2D eigenvalue weighted by Gasteiger charge is 2.37. The van der Waals surface area contributed by atoms with E-state index >= 15 is 0 Å². The largest absolute Gasteiger partial charge is 0.345 e. The van der Waals surface area contributed by atoms with Crippen molar-refractivity contribution < 1.29 is 9.53 Å². The standard InChI is InChI=1S/C6H9NO2/c1-2-3-5-6(9-5)7-4-8/h5-6H,2-3H2,1H3. The molecule has 0 aromatic heterocycles. The van der Waals surface area contributed by atoms with Crippen molar-refractivity contribution in [1.82, 2.24) is 0 Å². The minimum absolute atomic E-state index is 0.164. The Morgan fingerprint density at radius 3 is 3.11 bits per heavy atom. The van der Waals surface area contributed by atoms with Crippen molar-refractivity contribution in [3.63, 3.8) is 0 Å². The normalized spacial score (nSPS) is 31.2. The molecule has 3 nitrogen and oxygen atoms in total. The molecule has 1 saturated heterocycles. The Balaban J connectivity index is 2.16. The zero-order valence-electron chi connectivity index (χ0n) is 5.33. The van der Waals surface area contributed by atoms with E-state index < -0.39 is 0 Å². The highest BCUT2D eigenvalue weighted by molar-refractivity contribution is 5.34. The number of ether oxygens (including phenoxy) is 1. The third-order valence-electron chi connectivity index (χ3n) is 1.31. The molecule has 0 aliphatic carbocycles. The summed E-state index contributed by atoms with van der Waals surface area (Å²) in [6.07, 6.45) is 3.58. The lowest BCUT2D eigenvalue weighted by Gasteiger charge is -1.81. The number of rotatable bonds is 3. The third kappa shape index (κ3) is 1.63. The molecule has 3 heteroatoms. The Morgan fingerprint density at radius 2 is 2.56 bits per heavy atom. The van der Waals surface area contributed by atoms with Gasteiger partial charge in [-0.15, -0.1) is 0 Å². The van der Waals surface area contributed by atoms with Gasteiger partial charge in [0, 0.05) is 0 Å². The predicted octanol–water partition coefficient (Wildman–Crippen LogP) is 0.847. The van der Waals surface area contributed by atoms with Crippen LogP contribution in [0.2, 0.25) is 0 Å². The van der Waals surface area contributed by atoms with Crippen molar-refractivity contribution >= 4 is 6.08 Å². The maximum absolute atomic E-state index is 9.63. The lowest BCUT2D eigenvalue weighted by Crippen LogP contribution is -1.87. The first-order chi connectivity index (χ1) is 4.38. The number of epoxide rings is 1. The number of hydrogen-bond acceptors (Lipinski definition) is 3. The van der Waals surface area contributed by atoms with Gasteiger partial charge in [-0.05, 0) is 6.42 Å². The summed E-state index contributed by atoms with van der Waals surface area (Å²) >= 11 is 0. The number of hydrogen-bond donors (Lipinski definition) is 0. The Labute approximate surface area is 53.7 Å². The molecule has 0 radical (unpaired) electrons. The van der Waals surface area contributed by atoms with Crippen LogP contribution in [0.15, 0.2) is 4.99 Å². The van der Waals surface area contributed by atoms with E-state index in [1.165, 1.54) is 6.08 Å². The third-order valence-corrected chi connectivity index (χ3v) is 1.31. The fourth-order valence-electron chi connectivity index (χ4n) is 0.794. The van der Waals surface area contributed by atoms with Gasteiger partial charge in [-0.3, -0.25) is 0 Å². The Kier molecular flexibility index (Phi) is 1.98. The highest BCUT2D eigenvalue weighted by Crippen LogP contribution is 2.26. The molecule has 0 bridgehead atoms. The maximum Gasteiger partial charge on any atom is 0.237 e. The molecule has 0 N–H and O–H groups in total. The molecule has 0 aromatic carbocycles. The van der Waals surface area contributed by atoms with E-state index in [4.69, 9.17) is 4.74 Å². The van der Waals surface area contributed by atoms with Crippen molar-refractivity contribution in [1.29, 1.82) is 0 Å². The zero-order valence-corrected chi connectivity index (χ0v) is 5.33. The molecule has 1 fully saturated rings. The molecule has 0 spiro atoms. The van der Waals surface area contributed by atoms with Crippen LogP contribution in [0.5, 0.6) is 0 Å². The summed E-state index contributed by atoms with van der Waals surface area (Å²) in [7, 11) is 0. The van der Waals surface area contributed by atoms with Crippen LogP contribution >= 0.6 is 0 Å². The van der Waals surface area contributed by atoms with E-state index in [0.29, 0.717) is 0 Å². The summed E-state index contributed by atoms with van der Waals surface area (Å²) in [6, 6.07) is 0. The van der Waals surface area contributed by atoms with E-state index in [-0.39, 0.29) is 12.3 Å². The molecule has 9 heavy (non-hydrogen) atoms. The molecular formula is C6H9NO2. The van der Waals surface area contributed by atoms with Crippen molar-refractivity contribution in [2.75, 3.05) is 0 Å². The minimum atomic E-state index is -0.164. The molecule has 1 aliphatic heterocycles. The first kappa shape index (κ1) is 6.46. The Morgan fingerprint density at radius 1 is 1.78 bits per heavy atom. The zero-order chi connectivity index (χ0) is 6.69. The fraction of sp³-hybridized carbons (Fsp3) is 0.833. The van der Waals surface area contributed by atoms with Crippen molar-refractivity contribution in [3.8, 4) is 0 Å².